The number of nitrogens with one attached hydrogen (secondary N) is 1. The largest absolute Gasteiger partial charge is 0.344 e. The van der Waals surface area contributed by atoms with E-state index in [1.807, 2.05) is 0 Å². The molecule has 0 rings (SSSR count). The van der Waals surface area contributed by atoms with Crippen molar-refractivity contribution in [3.05, 3.63) is 10.4 Å². The zero-order valence-corrected chi connectivity index (χ0v) is 3.33. The van der Waals surface area contributed by atoms with Crippen molar-refractivity contribution >= 4 is 12.4 Å². The summed E-state index contributed by atoms with van der Waals surface area (Å²) in [5.41, 5.74) is 12.2. The maximum atomic E-state index is 6.86. The van der Waals surface area contributed by atoms with Crippen LogP contribution in [0.15, 0.2) is 0 Å². The Morgan fingerprint density at radius 1 is 1.60 bits per heavy atom. The molecule has 0 saturated heterocycles. The summed E-state index contributed by atoms with van der Waals surface area (Å²) < 4.78 is 0. The smallest absolute Gasteiger partial charge is 0.00208 e. The Morgan fingerprint density at radius 3 is 1.60 bits per heavy atom. The predicted octanol–water partition coefficient (Wildman–Crippen LogP) is 1.46. The molecule has 0 fully saturated rings. The fourth-order valence-corrected chi connectivity index (χ4v) is 0. The molecule has 0 unspecified atom stereocenters. The van der Waals surface area contributed by atoms with Crippen molar-refractivity contribution in [2.24, 2.45) is 0 Å². The van der Waals surface area contributed by atoms with E-state index < -0.39 is 0 Å². The van der Waals surface area contributed by atoms with E-state index in [-0.39, 0.29) is 18.6 Å². The van der Waals surface area contributed by atoms with E-state index in [1.165, 1.54) is 0 Å². The molecule has 0 amide bonds. The molecule has 0 bridgehead atoms. The third-order valence-electron chi connectivity index (χ3n) is 0. The molecule has 0 aliphatic carbocycles. The van der Waals surface area contributed by atoms with E-state index in [1.54, 1.807) is 4.91 Å². The highest BCUT2D eigenvalue weighted by Gasteiger charge is 0.973. The average molecular weight is 96.5 g/mol. The molecule has 0 aliphatic heterocycles. The Kier molecular flexibility index (Phi) is 353. The predicted molar refractivity (Wildman–Crippen MR) is 21.7 cm³/mol. The summed E-state index contributed by atoms with van der Waals surface area (Å²) in [5, 5.41) is 0. The van der Waals surface area contributed by atoms with Gasteiger partial charge in [0.25, 0.3) is 0 Å². The average Bonchev–Trinajstić information content (AvgIpc) is 0.918. The van der Waals surface area contributed by atoms with Crippen LogP contribution in [0.2, 0.25) is 0 Å². The minimum Gasteiger partial charge on any atom is -0.344 e. The van der Waals surface area contributed by atoms with Crippen molar-refractivity contribution in [3.63, 3.8) is 0 Å². The van der Waals surface area contributed by atoms with Gasteiger partial charge in [-0.25, -0.2) is 0 Å². The Balaban J connectivity index is -0.0000000200. The Labute approximate surface area is 35.6 Å². The van der Waals surface area contributed by atoms with Gasteiger partial charge in [0, 0.05) is 0 Å². The molecule has 5 heteroatoms. The van der Waals surface area contributed by atoms with Gasteiger partial charge in [-0.05, 0) is 10.4 Å². The summed E-state index contributed by atoms with van der Waals surface area (Å²) in [5.74, 6) is 0. The highest BCUT2D eigenvalue weighted by molar-refractivity contribution is 5.85. The van der Waals surface area contributed by atoms with Crippen molar-refractivity contribution < 1.29 is 0 Å². The van der Waals surface area contributed by atoms with Gasteiger partial charge in [0.05, 0.1) is 0 Å². The van der Waals surface area contributed by atoms with Gasteiger partial charge in [0.15, 0.2) is 0 Å². The second kappa shape index (κ2) is 74.4. The van der Waals surface area contributed by atoms with Gasteiger partial charge in [-0.2, -0.15) is 0 Å². The van der Waals surface area contributed by atoms with Gasteiger partial charge in [0.2, 0.25) is 0 Å². The van der Waals surface area contributed by atoms with Crippen LogP contribution in [-0.2, 0) is 0 Å². The van der Waals surface area contributed by atoms with Crippen LogP contribution in [0.4, 0.5) is 0 Å². The molecular weight excluding hydrogens is 91.5 g/mol. The van der Waals surface area contributed by atoms with Crippen molar-refractivity contribution in [2.45, 2.75) is 0 Å². The van der Waals surface area contributed by atoms with E-state index in [2.05, 4.69) is 0 Å². The van der Waals surface area contributed by atoms with Crippen LogP contribution in [0, 0.1) is 5.53 Å². The quantitative estimate of drug-likeness (QED) is 0.267. The normalized spacial score (nSPS) is 1.60. The molecule has 0 aromatic rings. The number of halogens is 1. The second-order valence-electron chi connectivity index (χ2n) is 0.100. The highest BCUT2D eigenvalue weighted by atomic mass is 35.5. The SMILES string of the molecule is Cl.N.[N-]=[N+]=N. The van der Waals surface area contributed by atoms with E-state index in [9.17, 15) is 0 Å². The first kappa shape index (κ1) is 23.7. The van der Waals surface area contributed by atoms with Gasteiger partial charge < -0.3 is 6.15 Å². The standard InChI is InChI=1S/ClH.HN3.H3N/c;1-3-2;/h1H;1H;1H3. The van der Waals surface area contributed by atoms with Crippen molar-refractivity contribution in [2.75, 3.05) is 0 Å². The summed E-state index contributed by atoms with van der Waals surface area (Å²) in [6.45, 7) is 0. The zero-order chi connectivity index (χ0) is 2.71. The van der Waals surface area contributed by atoms with E-state index in [0.717, 1.165) is 0 Å². The summed E-state index contributed by atoms with van der Waals surface area (Å²) in [6, 6.07) is 0. The van der Waals surface area contributed by atoms with Crippen molar-refractivity contribution in [1.82, 2.24) is 6.15 Å². The number of rotatable bonds is 0. The van der Waals surface area contributed by atoms with Crippen LogP contribution in [-0.4, -0.2) is 0 Å². The lowest BCUT2D eigenvalue weighted by atomic mass is 13.0. The highest BCUT2D eigenvalue weighted by Crippen LogP contribution is 1.24. The van der Waals surface area contributed by atoms with Gasteiger partial charge in [-0.15, -0.1) is 17.9 Å². The summed E-state index contributed by atoms with van der Waals surface area (Å²) in [7, 11) is 0. The molecule has 0 radical (unpaired) electrons. The Hall–Kier alpha value is -0.440. The second-order valence-corrected chi connectivity index (χ2v) is 0.100. The molecule has 0 spiro atoms. The van der Waals surface area contributed by atoms with Crippen LogP contribution in [0.3, 0.4) is 0 Å². The molecule has 4 nitrogen and oxygen atoms in total. The Morgan fingerprint density at radius 2 is 1.60 bits per heavy atom. The number of hydrogen-bond acceptors (Lipinski definition) is 2. The van der Waals surface area contributed by atoms with Gasteiger partial charge in [0.1, 0.15) is 0 Å². The van der Waals surface area contributed by atoms with Gasteiger partial charge in [-0.1, -0.05) is 0 Å². The third kappa shape index (κ3) is 44.8. The summed E-state index contributed by atoms with van der Waals surface area (Å²) >= 11 is 0. The summed E-state index contributed by atoms with van der Waals surface area (Å²) in [6.07, 6.45) is 0. The van der Waals surface area contributed by atoms with Crippen LogP contribution in [0.5, 0.6) is 0 Å². The molecule has 5 heavy (non-hydrogen) atoms. The van der Waals surface area contributed by atoms with Gasteiger partial charge >= 0.3 is 0 Å². The fourth-order valence-electron chi connectivity index (χ4n) is 0. The molecule has 0 saturated carbocycles. The lowest BCUT2D eigenvalue weighted by molar-refractivity contribution is 1.45. The first-order chi connectivity index (χ1) is 1.41. The first-order valence-electron chi connectivity index (χ1n) is 0.424. The van der Waals surface area contributed by atoms with E-state index >= 15 is 0 Å². The van der Waals surface area contributed by atoms with Crippen molar-refractivity contribution in [3.8, 4) is 0 Å². The topological polar surface area (TPSA) is 95.2 Å². The Bertz CT molecular complexity index is 24.6. The van der Waals surface area contributed by atoms with Crippen LogP contribution in [0.25, 0.3) is 10.4 Å². The molecule has 0 aliphatic rings. The molecule has 0 aromatic carbocycles. The number of hydrogen-bond donors (Lipinski definition) is 2. The number of nitrogens with zero attached hydrogens (tertiary/aromatic N) is 2. The fraction of sp³-hybridized carbons (Fsp3) is 0. The maximum Gasteiger partial charge on any atom is -0.00208 e. The summed E-state index contributed by atoms with van der Waals surface area (Å²) in [4.78, 5) is 1.75. The van der Waals surface area contributed by atoms with Crippen LogP contribution < -0.4 is 6.15 Å². The monoisotopic (exact) mass is 96.0 g/mol. The van der Waals surface area contributed by atoms with Crippen LogP contribution in [0.1, 0.15) is 0 Å². The molecule has 32 valence electrons. The minimum absolute atomic E-state index is 0. The molecule has 0 aromatic heterocycles. The van der Waals surface area contributed by atoms with Crippen molar-refractivity contribution in [1.29, 1.82) is 5.53 Å². The minimum atomic E-state index is 0. The van der Waals surface area contributed by atoms with Crippen LogP contribution >= 0.6 is 12.4 Å². The lowest BCUT2D eigenvalue weighted by Crippen LogP contribution is -0.769. The zero-order valence-electron chi connectivity index (χ0n) is 2.51. The van der Waals surface area contributed by atoms with E-state index in [4.69, 9.17) is 11.1 Å². The van der Waals surface area contributed by atoms with Gasteiger partial charge in [-0.3, -0.25) is 0 Å². The maximum absolute atomic E-state index is 6.86. The third-order valence-corrected chi connectivity index (χ3v) is 0. The molecule has 4 N–H and O–H groups in total. The molecule has 0 heterocycles. The lowest BCUT2D eigenvalue weighted by Gasteiger charge is -1.03. The first-order valence-corrected chi connectivity index (χ1v) is 0.424. The van der Waals surface area contributed by atoms with E-state index in [0.29, 0.717) is 0 Å². The molecule has 0 atom stereocenters. The molecular formula is H5ClN4.